The Hall–Kier alpha value is -2.28. The Morgan fingerprint density at radius 2 is 1.92 bits per heavy atom. The quantitative estimate of drug-likeness (QED) is 0.592. The van der Waals surface area contributed by atoms with E-state index in [1.54, 1.807) is 12.1 Å². The number of nitrogens with one attached hydrogen (secondary N) is 1. The third-order valence-electron chi connectivity index (χ3n) is 3.99. The summed E-state index contributed by atoms with van der Waals surface area (Å²) in [5.41, 5.74) is 2.14. The molecule has 3 rings (SSSR count). The van der Waals surface area contributed by atoms with Crippen LogP contribution in [-0.4, -0.2) is 29.0 Å². The Bertz CT molecular complexity index is 866. The van der Waals surface area contributed by atoms with E-state index >= 15 is 0 Å². The molecule has 5 nitrogen and oxygen atoms in total. The van der Waals surface area contributed by atoms with E-state index in [4.69, 9.17) is 16.0 Å². The molecule has 0 aliphatic carbocycles. The highest BCUT2D eigenvalue weighted by Crippen LogP contribution is 2.28. The maximum absolute atomic E-state index is 12.2. The lowest BCUT2D eigenvalue weighted by molar-refractivity contribution is -0.120. The van der Waals surface area contributed by atoms with E-state index < -0.39 is 13.1 Å². The fraction of sp³-hybridized carbons (Fsp3) is 0.167. The lowest BCUT2D eigenvalue weighted by Crippen LogP contribution is -2.48. The number of hydrogen-bond acceptors (Lipinski definition) is 4. The first-order valence-electron chi connectivity index (χ1n) is 7.88. The molecule has 1 atom stereocenters. The number of benzene rings is 2. The molecule has 3 N–H and O–H groups in total. The summed E-state index contributed by atoms with van der Waals surface area (Å²) in [7, 11) is -1.69. The Morgan fingerprint density at radius 3 is 2.64 bits per heavy atom. The van der Waals surface area contributed by atoms with Gasteiger partial charge in [-0.25, -0.2) is 0 Å². The molecule has 0 aliphatic rings. The van der Waals surface area contributed by atoms with Gasteiger partial charge in [0.1, 0.15) is 0 Å². The second-order valence-corrected chi connectivity index (χ2v) is 6.24. The minimum Gasteiger partial charge on any atom is -0.462 e. The van der Waals surface area contributed by atoms with Crippen molar-refractivity contribution in [1.82, 2.24) is 5.32 Å². The second-order valence-electron chi connectivity index (χ2n) is 5.83. The zero-order chi connectivity index (χ0) is 17.8. The standard InChI is InChI=1S/C18H17BClNO4/c20-15-8-4-7-14-13(11-25-18(14)15)10-16(19(23)24)21-17(22)9-12-5-2-1-3-6-12/h1-8,11,16,23-24H,9-10H2,(H,21,22). The van der Waals surface area contributed by atoms with Crippen molar-refractivity contribution in [2.75, 3.05) is 0 Å². The van der Waals surface area contributed by atoms with Gasteiger partial charge in [-0.3, -0.25) is 4.79 Å². The number of fused-ring (bicyclic) bond motifs is 1. The van der Waals surface area contributed by atoms with Crippen LogP contribution in [-0.2, 0) is 17.6 Å². The minimum atomic E-state index is -1.69. The van der Waals surface area contributed by atoms with Crippen molar-refractivity contribution >= 4 is 35.6 Å². The molecule has 0 aliphatic heterocycles. The van der Waals surface area contributed by atoms with Crippen molar-refractivity contribution in [3.63, 3.8) is 0 Å². The largest absolute Gasteiger partial charge is 0.475 e. The summed E-state index contributed by atoms with van der Waals surface area (Å²) in [6.07, 6.45) is 1.91. The van der Waals surface area contributed by atoms with Crippen LogP contribution in [0.5, 0.6) is 0 Å². The van der Waals surface area contributed by atoms with Gasteiger partial charge in [-0.15, -0.1) is 0 Å². The average molecular weight is 358 g/mol. The highest BCUT2D eigenvalue weighted by molar-refractivity contribution is 6.43. The molecule has 2 aromatic carbocycles. The summed E-state index contributed by atoms with van der Waals surface area (Å²) in [5.74, 6) is -1.13. The van der Waals surface area contributed by atoms with Gasteiger partial charge in [0, 0.05) is 5.39 Å². The van der Waals surface area contributed by atoms with Crippen LogP contribution in [0.4, 0.5) is 0 Å². The molecule has 0 saturated heterocycles. The number of hydrogen-bond donors (Lipinski definition) is 3. The molecular weight excluding hydrogens is 340 g/mol. The number of carbonyl (C=O) groups is 1. The van der Waals surface area contributed by atoms with Crippen molar-refractivity contribution in [3.05, 3.63) is 70.9 Å². The van der Waals surface area contributed by atoms with Gasteiger partial charge in [-0.2, -0.15) is 0 Å². The third kappa shape index (κ3) is 4.23. The van der Waals surface area contributed by atoms with Gasteiger partial charge in [0.2, 0.25) is 5.91 Å². The maximum atomic E-state index is 12.2. The summed E-state index contributed by atoms with van der Waals surface area (Å²) in [6, 6.07) is 14.6. The molecule has 0 spiro atoms. The molecule has 0 saturated carbocycles. The van der Waals surface area contributed by atoms with Crippen molar-refractivity contribution in [1.29, 1.82) is 0 Å². The molecular formula is C18H17BClNO4. The molecule has 3 aromatic rings. The topological polar surface area (TPSA) is 82.7 Å². The van der Waals surface area contributed by atoms with Crippen LogP contribution in [0.2, 0.25) is 5.02 Å². The Morgan fingerprint density at radius 1 is 1.16 bits per heavy atom. The predicted molar refractivity (Wildman–Crippen MR) is 97.2 cm³/mol. The molecule has 7 heteroatoms. The van der Waals surface area contributed by atoms with E-state index in [9.17, 15) is 14.8 Å². The predicted octanol–water partition coefficient (Wildman–Crippen LogP) is 2.37. The molecule has 25 heavy (non-hydrogen) atoms. The molecule has 0 bridgehead atoms. The van der Waals surface area contributed by atoms with Crippen molar-refractivity contribution in [2.24, 2.45) is 0 Å². The lowest BCUT2D eigenvalue weighted by atomic mass is 9.75. The maximum Gasteiger partial charge on any atom is 0.475 e. The van der Waals surface area contributed by atoms with Crippen molar-refractivity contribution in [3.8, 4) is 0 Å². The monoisotopic (exact) mass is 357 g/mol. The van der Waals surface area contributed by atoms with E-state index in [-0.39, 0.29) is 18.7 Å². The molecule has 1 unspecified atom stereocenters. The van der Waals surface area contributed by atoms with Crippen molar-refractivity contribution < 1.29 is 19.3 Å². The smallest absolute Gasteiger partial charge is 0.462 e. The molecule has 0 fully saturated rings. The molecule has 1 amide bonds. The summed E-state index contributed by atoms with van der Waals surface area (Å²) < 4.78 is 5.45. The zero-order valence-electron chi connectivity index (χ0n) is 13.4. The second kappa shape index (κ2) is 7.74. The summed E-state index contributed by atoms with van der Waals surface area (Å²) in [5, 5.41) is 23.2. The minimum absolute atomic E-state index is 0.169. The van der Waals surface area contributed by atoms with Gasteiger partial charge in [0.15, 0.2) is 5.58 Å². The van der Waals surface area contributed by atoms with E-state index in [0.717, 1.165) is 16.5 Å². The summed E-state index contributed by atoms with van der Waals surface area (Å²) in [6.45, 7) is 0. The van der Waals surface area contributed by atoms with Gasteiger partial charge in [0.25, 0.3) is 0 Å². The number of amides is 1. The fourth-order valence-electron chi connectivity index (χ4n) is 2.74. The van der Waals surface area contributed by atoms with E-state index in [2.05, 4.69) is 5.32 Å². The Kier molecular flexibility index (Phi) is 5.43. The van der Waals surface area contributed by atoms with Crippen LogP contribution < -0.4 is 5.32 Å². The van der Waals surface area contributed by atoms with Gasteiger partial charge in [-0.1, -0.05) is 54.1 Å². The number of furan rings is 1. The average Bonchev–Trinajstić information content (AvgIpc) is 2.99. The summed E-state index contributed by atoms with van der Waals surface area (Å²) in [4.78, 5) is 12.2. The molecule has 1 aromatic heterocycles. The van der Waals surface area contributed by atoms with Crippen molar-refractivity contribution in [2.45, 2.75) is 18.8 Å². The first kappa shape index (κ1) is 17.5. The van der Waals surface area contributed by atoms with E-state index in [0.29, 0.717) is 10.6 Å². The van der Waals surface area contributed by atoms with Crippen LogP contribution in [0.1, 0.15) is 11.1 Å². The van der Waals surface area contributed by atoms with Crippen LogP contribution >= 0.6 is 11.6 Å². The van der Waals surface area contributed by atoms with Crippen LogP contribution in [0.25, 0.3) is 11.0 Å². The molecule has 128 valence electrons. The SMILES string of the molecule is O=C(Cc1ccccc1)NC(Cc1coc2c(Cl)cccc12)B(O)O. The number of para-hydroxylation sites is 1. The van der Waals surface area contributed by atoms with Gasteiger partial charge in [-0.05, 0) is 23.6 Å². The highest BCUT2D eigenvalue weighted by Gasteiger charge is 2.27. The Balaban J connectivity index is 1.73. The molecule has 1 heterocycles. The number of carbonyl (C=O) groups excluding carboxylic acids is 1. The third-order valence-corrected chi connectivity index (χ3v) is 4.28. The lowest BCUT2D eigenvalue weighted by Gasteiger charge is -2.17. The fourth-order valence-corrected chi connectivity index (χ4v) is 2.96. The van der Waals surface area contributed by atoms with Crippen LogP contribution in [0, 0.1) is 0 Å². The van der Waals surface area contributed by atoms with E-state index in [1.807, 2.05) is 36.4 Å². The zero-order valence-corrected chi connectivity index (χ0v) is 14.1. The first-order chi connectivity index (χ1) is 12.0. The summed E-state index contributed by atoms with van der Waals surface area (Å²) >= 11 is 6.08. The highest BCUT2D eigenvalue weighted by atomic mass is 35.5. The van der Waals surface area contributed by atoms with E-state index in [1.165, 1.54) is 6.26 Å². The van der Waals surface area contributed by atoms with Crippen LogP contribution in [0.15, 0.2) is 59.2 Å². The normalized spacial score (nSPS) is 12.1. The van der Waals surface area contributed by atoms with Gasteiger partial charge < -0.3 is 19.8 Å². The first-order valence-corrected chi connectivity index (χ1v) is 8.26. The number of halogens is 1. The Labute approximate surface area is 150 Å². The number of rotatable bonds is 6. The van der Waals surface area contributed by atoms with Gasteiger partial charge >= 0.3 is 7.12 Å². The van der Waals surface area contributed by atoms with Gasteiger partial charge in [0.05, 0.1) is 23.6 Å². The van der Waals surface area contributed by atoms with Crippen LogP contribution in [0.3, 0.4) is 0 Å². The molecule has 0 radical (unpaired) electrons.